The lowest BCUT2D eigenvalue weighted by Gasteiger charge is -2.13. The van der Waals surface area contributed by atoms with Crippen molar-refractivity contribution in [2.75, 3.05) is 12.4 Å². The van der Waals surface area contributed by atoms with E-state index in [-0.39, 0.29) is 12.7 Å². The van der Waals surface area contributed by atoms with Gasteiger partial charge in [-0.3, -0.25) is 0 Å². The molecule has 6 heteroatoms. The molecule has 0 spiro atoms. The van der Waals surface area contributed by atoms with Gasteiger partial charge in [-0.05, 0) is 6.07 Å². The fraction of sp³-hybridized carbons (Fsp3) is 0.556. The van der Waals surface area contributed by atoms with Gasteiger partial charge in [0.1, 0.15) is 12.2 Å². The summed E-state index contributed by atoms with van der Waals surface area (Å²) < 4.78 is 5.22. The summed E-state index contributed by atoms with van der Waals surface area (Å²) >= 11 is 1.41. The van der Waals surface area contributed by atoms with Gasteiger partial charge < -0.3 is 14.9 Å². The molecular formula is C9H12N2O3S. The van der Waals surface area contributed by atoms with Crippen molar-refractivity contribution < 1.29 is 14.9 Å². The SMILES string of the molecule is OC1COC(CSc2ncccn2)C1O. The minimum Gasteiger partial charge on any atom is -0.388 e. The molecule has 3 atom stereocenters. The maximum atomic E-state index is 9.51. The second kappa shape index (κ2) is 4.89. The summed E-state index contributed by atoms with van der Waals surface area (Å²) in [6, 6.07) is 1.74. The molecule has 1 aliphatic rings. The zero-order chi connectivity index (χ0) is 10.7. The molecule has 0 saturated carbocycles. The van der Waals surface area contributed by atoms with E-state index in [2.05, 4.69) is 9.97 Å². The van der Waals surface area contributed by atoms with Gasteiger partial charge in [-0.1, -0.05) is 11.8 Å². The zero-order valence-corrected chi connectivity index (χ0v) is 8.80. The van der Waals surface area contributed by atoms with Gasteiger partial charge in [0.15, 0.2) is 5.16 Å². The highest BCUT2D eigenvalue weighted by Gasteiger charge is 2.34. The van der Waals surface area contributed by atoms with Crippen LogP contribution in [0.3, 0.4) is 0 Å². The normalized spacial score (nSPS) is 30.7. The molecular weight excluding hydrogens is 216 g/mol. The number of aromatic nitrogens is 2. The van der Waals surface area contributed by atoms with Crippen LogP contribution >= 0.6 is 11.8 Å². The van der Waals surface area contributed by atoms with Crippen molar-refractivity contribution in [2.45, 2.75) is 23.5 Å². The minimum absolute atomic E-state index is 0.196. The molecule has 5 nitrogen and oxygen atoms in total. The first-order valence-corrected chi connectivity index (χ1v) is 5.63. The average Bonchev–Trinajstić information content (AvgIpc) is 2.59. The van der Waals surface area contributed by atoms with Crippen molar-refractivity contribution >= 4 is 11.8 Å². The van der Waals surface area contributed by atoms with E-state index < -0.39 is 12.2 Å². The number of nitrogens with zero attached hydrogens (tertiary/aromatic N) is 2. The topological polar surface area (TPSA) is 75.5 Å². The standard InChI is InChI=1S/C9H12N2O3S/c12-6-4-14-7(8(6)13)5-15-9-10-2-1-3-11-9/h1-3,6-8,12-13H,4-5H2. The van der Waals surface area contributed by atoms with Crippen LogP contribution in [-0.2, 0) is 4.74 Å². The molecule has 1 aliphatic heterocycles. The van der Waals surface area contributed by atoms with E-state index in [9.17, 15) is 10.2 Å². The van der Waals surface area contributed by atoms with Crippen LogP contribution in [0.2, 0.25) is 0 Å². The Morgan fingerprint density at radius 1 is 1.40 bits per heavy atom. The molecule has 0 radical (unpaired) electrons. The summed E-state index contributed by atoms with van der Waals surface area (Å²) in [5.41, 5.74) is 0. The summed E-state index contributed by atoms with van der Waals surface area (Å²) in [5, 5.41) is 19.4. The Bertz CT molecular complexity index is 311. The third-order valence-corrected chi connectivity index (χ3v) is 3.14. The lowest BCUT2D eigenvalue weighted by molar-refractivity contribution is 0.0337. The maximum Gasteiger partial charge on any atom is 0.187 e. The van der Waals surface area contributed by atoms with Gasteiger partial charge in [-0.25, -0.2) is 9.97 Å². The molecule has 0 amide bonds. The van der Waals surface area contributed by atoms with Gasteiger partial charge in [0.2, 0.25) is 0 Å². The van der Waals surface area contributed by atoms with Crippen molar-refractivity contribution in [3.8, 4) is 0 Å². The van der Waals surface area contributed by atoms with E-state index in [0.717, 1.165) is 0 Å². The second-order valence-corrected chi connectivity index (χ2v) is 4.26. The molecule has 0 aliphatic carbocycles. The van der Waals surface area contributed by atoms with Crippen LogP contribution in [0.15, 0.2) is 23.6 Å². The van der Waals surface area contributed by atoms with E-state index in [4.69, 9.17) is 4.74 Å². The Morgan fingerprint density at radius 3 is 2.73 bits per heavy atom. The van der Waals surface area contributed by atoms with Crippen LogP contribution in [0.4, 0.5) is 0 Å². The molecule has 1 aromatic rings. The fourth-order valence-electron chi connectivity index (χ4n) is 1.33. The molecule has 15 heavy (non-hydrogen) atoms. The van der Waals surface area contributed by atoms with E-state index in [1.807, 2.05) is 0 Å². The molecule has 3 unspecified atom stereocenters. The van der Waals surface area contributed by atoms with E-state index in [0.29, 0.717) is 10.9 Å². The molecule has 1 aromatic heterocycles. The summed E-state index contributed by atoms with van der Waals surface area (Å²) in [7, 11) is 0. The number of aliphatic hydroxyl groups excluding tert-OH is 2. The van der Waals surface area contributed by atoms with Gasteiger partial charge in [0.25, 0.3) is 0 Å². The van der Waals surface area contributed by atoms with Crippen LogP contribution in [0.5, 0.6) is 0 Å². The largest absolute Gasteiger partial charge is 0.388 e. The third-order valence-electron chi connectivity index (χ3n) is 2.17. The van der Waals surface area contributed by atoms with Crippen molar-refractivity contribution in [1.82, 2.24) is 9.97 Å². The molecule has 1 fully saturated rings. The number of hydrogen-bond acceptors (Lipinski definition) is 6. The smallest absolute Gasteiger partial charge is 0.187 e. The third kappa shape index (κ3) is 2.66. The lowest BCUT2D eigenvalue weighted by atomic mass is 10.2. The minimum atomic E-state index is -0.804. The Hall–Kier alpha value is -0.690. The second-order valence-electron chi connectivity index (χ2n) is 3.27. The van der Waals surface area contributed by atoms with Crippen molar-refractivity contribution in [3.05, 3.63) is 18.5 Å². The quantitative estimate of drug-likeness (QED) is 0.546. The molecule has 2 heterocycles. The summed E-state index contributed by atoms with van der Waals surface area (Å²) in [5.74, 6) is 0.544. The number of hydrogen-bond donors (Lipinski definition) is 2. The van der Waals surface area contributed by atoms with E-state index in [1.54, 1.807) is 18.5 Å². The number of rotatable bonds is 3. The Kier molecular flexibility index (Phi) is 3.53. The highest BCUT2D eigenvalue weighted by molar-refractivity contribution is 7.99. The Labute approximate surface area is 91.5 Å². The number of ether oxygens (including phenoxy) is 1. The average molecular weight is 228 g/mol. The predicted molar refractivity (Wildman–Crippen MR) is 54.5 cm³/mol. The summed E-state index contributed by atoms with van der Waals surface area (Å²) in [6.07, 6.45) is 1.41. The van der Waals surface area contributed by atoms with Gasteiger partial charge in [0.05, 0.1) is 12.7 Å². The summed E-state index contributed by atoms with van der Waals surface area (Å²) in [6.45, 7) is 0.196. The first-order valence-electron chi connectivity index (χ1n) is 4.65. The molecule has 2 N–H and O–H groups in total. The van der Waals surface area contributed by atoms with Crippen molar-refractivity contribution in [2.24, 2.45) is 0 Å². The fourth-order valence-corrected chi connectivity index (χ4v) is 2.21. The van der Waals surface area contributed by atoms with Crippen LogP contribution in [0, 0.1) is 0 Å². The van der Waals surface area contributed by atoms with Gasteiger partial charge >= 0.3 is 0 Å². The Balaban J connectivity index is 1.84. The van der Waals surface area contributed by atoms with Crippen LogP contribution < -0.4 is 0 Å². The van der Waals surface area contributed by atoms with Crippen LogP contribution in [-0.4, -0.2) is 50.9 Å². The van der Waals surface area contributed by atoms with Gasteiger partial charge in [0, 0.05) is 18.1 Å². The highest BCUT2D eigenvalue weighted by atomic mass is 32.2. The highest BCUT2D eigenvalue weighted by Crippen LogP contribution is 2.21. The van der Waals surface area contributed by atoms with Crippen molar-refractivity contribution in [3.63, 3.8) is 0 Å². The zero-order valence-electron chi connectivity index (χ0n) is 7.98. The molecule has 1 saturated heterocycles. The lowest BCUT2D eigenvalue weighted by Crippen LogP contribution is -2.31. The maximum absolute atomic E-state index is 9.51. The summed E-state index contributed by atoms with van der Waals surface area (Å²) in [4.78, 5) is 8.07. The number of aliphatic hydroxyl groups is 2. The van der Waals surface area contributed by atoms with Gasteiger partial charge in [-0.2, -0.15) is 0 Å². The predicted octanol–water partition coefficient (Wildman–Crippen LogP) is -0.311. The molecule has 0 bridgehead atoms. The Morgan fingerprint density at radius 2 is 2.13 bits per heavy atom. The first-order chi connectivity index (χ1) is 7.27. The van der Waals surface area contributed by atoms with Crippen molar-refractivity contribution in [1.29, 1.82) is 0 Å². The van der Waals surface area contributed by atoms with E-state index >= 15 is 0 Å². The van der Waals surface area contributed by atoms with Crippen LogP contribution in [0.25, 0.3) is 0 Å². The molecule has 0 aromatic carbocycles. The monoisotopic (exact) mass is 228 g/mol. The van der Waals surface area contributed by atoms with E-state index in [1.165, 1.54) is 11.8 Å². The first kappa shape index (κ1) is 10.8. The molecule has 2 rings (SSSR count). The molecule has 82 valence electrons. The van der Waals surface area contributed by atoms with Crippen LogP contribution in [0.1, 0.15) is 0 Å². The number of thioether (sulfide) groups is 1. The van der Waals surface area contributed by atoms with Gasteiger partial charge in [-0.15, -0.1) is 0 Å².